The highest BCUT2D eigenvalue weighted by molar-refractivity contribution is 7.26. The summed E-state index contributed by atoms with van der Waals surface area (Å²) in [6.07, 6.45) is 3.25. The van der Waals surface area contributed by atoms with Crippen molar-refractivity contribution in [3.63, 3.8) is 0 Å². The van der Waals surface area contributed by atoms with Gasteiger partial charge in [-0.25, -0.2) is 15.0 Å². The molecule has 4 aromatic heterocycles. The number of hydrogen-bond acceptors (Lipinski definition) is 6. The third-order valence-corrected chi connectivity index (χ3v) is 10.9. The van der Waals surface area contributed by atoms with Gasteiger partial charge in [-0.2, -0.15) is 0 Å². The van der Waals surface area contributed by atoms with E-state index in [2.05, 4.69) is 64.6 Å². The standard InChI is InChI=1S/C47H28N6S/c1-5-22-39-32(14-1)33-15-2-6-23-40(33)53(39)41-24-7-3-17-36(41)46-50-45(51-47(52-46)37-20-11-21-38-43(37)49-27-26-48-38)30-13-9-12-29(28-30)31-18-10-19-35-34-16-4-8-25-42(34)54-44(31)35/h1-28H/i1D,2D,5D,14D,15D,22D,23D. The van der Waals surface area contributed by atoms with Crippen LogP contribution in [0.1, 0.15) is 9.60 Å². The van der Waals surface area contributed by atoms with Crippen LogP contribution in [0.15, 0.2) is 170 Å². The van der Waals surface area contributed by atoms with Crippen LogP contribution >= 0.6 is 11.3 Å². The second kappa shape index (κ2) is 12.3. The van der Waals surface area contributed by atoms with E-state index in [-0.39, 0.29) is 57.8 Å². The Morgan fingerprint density at radius 1 is 0.500 bits per heavy atom. The summed E-state index contributed by atoms with van der Waals surface area (Å²) in [5.41, 5.74) is 5.78. The molecule has 0 fully saturated rings. The molecule has 0 atom stereocenters. The van der Waals surface area contributed by atoms with E-state index in [4.69, 9.17) is 24.5 Å². The van der Waals surface area contributed by atoms with Gasteiger partial charge in [0.15, 0.2) is 17.5 Å². The smallest absolute Gasteiger partial charge is 0.166 e. The number of benzene rings is 7. The highest BCUT2D eigenvalue weighted by Crippen LogP contribution is 2.41. The first kappa shape index (κ1) is 24.2. The lowest BCUT2D eigenvalue weighted by Crippen LogP contribution is -2.04. The van der Waals surface area contributed by atoms with Gasteiger partial charge in [-0.3, -0.25) is 9.97 Å². The zero-order valence-corrected chi connectivity index (χ0v) is 29.0. The summed E-state index contributed by atoms with van der Waals surface area (Å²) in [7, 11) is 0. The van der Waals surface area contributed by atoms with Crippen molar-refractivity contribution in [3.05, 3.63) is 170 Å². The molecule has 252 valence electrons. The number of nitrogens with zero attached hydrogens (tertiary/aromatic N) is 6. The Hall–Kier alpha value is -7.09. The number of rotatable bonds is 5. The highest BCUT2D eigenvalue weighted by atomic mass is 32.1. The van der Waals surface area contributed by atoms with Crippen LogP contribution in [0.5, 0.6) is 0 Å². The molecule has 0 saturated heterocycles. The van der Waals surface area contributed by atoms with Crippen LogP contribution in [-0.2, 0) is 0 Å². The lowest BCUT2D eigenvalue weighted by Gasteiger charge is -2.15. The Morgan fingerprint density at radius 2 is 1.19 bits per heavy atom. The van der Waals surface area contributed by atoms with Crippen molar-refractivity contribution < 1.29 is 9.60 Å². The Kier molecular flexibility index (Phi) is 5.50. The second-order valence-electron chi connectivity index (χ2n) is 12.8. The molecule has 0 aliphatic heterocycles. The Balaban J connectivity index is 1.19. The van der Waals surface area contributed by atoms with E-state index < -0.39 is 12.1 Å². The summed E-state index contributed by atoms with van der Waals surface area (Å²) in [6.45, 7) is 0. The topological polar surface area (TPSA) is 69.4 Å². The molecule has 11 rings (SSSR count). The number of para-hydroxylation sites is 4. The molecule has 6 nitrogen and oxygen atoms in total. The van der Waals surface area contributed by atoms with Crippen LogP contribution < -0.4 is 0 Å². The van der Waals surface area contributed by atoms with Crippen molar-refractivity contribution in [3.8, 4) is 51.0 Å². The molecule has 11 aromatic rings. The van der Waals surface area contributed by atoms with E-state index in [0.717, 1.165) is 16.7 Å². The molecule has 0 unspecified atom stereocenters. The number of aromatic nitrogens is 6. The number of hydrogen-bond donors (Lipinski definition) is 0. The predicted molar refractivity (Wildman–Crippen MR) is 222 cm³/mol. The maximum absolute atomic E-state index is 9.13. The minimum Gasteiger partial charge on any atom is -0.309 e. The number of fused-ring (bicyclic) bond motifs is 7. The van der Waals surface area contributed by atoms with E-state index in [0.29, 0.717) is 39.5 Å². The summed E-state index contributed by atoms with van der Waals surface area (Å²) in [6, 6.07) is 34.7. The van der Waals surface area contributed by atoms with Gasteiger partial charge in [-0.15, -0.1) is 11.3 Å². The van der Waals surface area contributed by atoms with Crippen molar-refractivity contribution in [2.75, 3.05) is 0 Å². The fourth-order valence-electron chi connectivity index (χ4n) is 7.29. The fraction of sp³-hybridized carbons (Fsp3) is 0. The molecule has 0 aliphatic carbocycles. The molecule has 54 heavy (non-hydrogen) atoms. The predicted octanol–water partition coefficient (Wildman–Crippen LogP) is 11.9. The van der Waals surface area contributed by atoms with E-state index in [1.54, 1.807) is 40.4 Å². The monoisotopic (exact) mass is 715 g/mol. The van der Waals surface area contributed by atoms with Gasteiger partial charge in [0, 0.05) is 60.0 Å². The van der Waals surface area contributed by atoms with Crippen molar-refractivity contribution in [1.29, 1.82) is 0 Å². The zero-order chi connectivity index (χ0) is 41.7. The zero-order valence-electron chi connectivity index (χ0n) is 35.2. The van der Waals surface area contributed by atoms with Gasteiger partial charge in [-0.05, 0) is 59.6 Å². The molecule has 7 aromatic carbocycles. The van der Waals surface area contributed by atoms with Gasteiger partial charge in [0.05, 0.1) is 37.3 Å². The largest absolute Gasteiger partial charge is 0.309 e. The van der Waals surface area contributed by atoms with Crippen LogP contribution in [0.3, 0.4) is 0 Å². The van der Waals surface area contributed by atoms with Crippen molar-refractivity contribution in [1.82, 2.24) is 29.5 Å². The SMILES string of the molecule is [2H]c1cc([2H])c2c(c1[2H])c1c([2H])c([2H])c([2H])c([2H])c1n2-c1ccccc1-c1nc(-c2cccc(-c3cccc4c3sc3ccccc34)c2)nc(-c2cccc3nccnc23)n1. The van der Waals surface area contributed by atoms with Crippen molar-refractivity contribution in [2.45, 2.75) is 0 Å². The number of thiophene rings is 1. The van der Waals surface area contributed by atoms with Crippen LogP contribution in [-0.4, -0.2) is 29.5 Å². The van der Waals surface area contributed by atoms with Crippen LogP contribution in [0.4, 0.5) is 0 Å². The average Bonchev–Trinajstić information content (AvgIpc) is 3.87. The summed E-state index contributed by atoms with van der Waals surface area (Å²) in [5.74, 6) is 0.952. The minimum atomic E-state index is -0.470. The molecule has 0 saturated carbocycles. The van der Waals surface area contributed by atoms with Crippen molar-refractivity contribution in [2.24, 2.45) is 0 Å². The maximum Gasteiger partial charge on any atom is 0.166 e. The molecule has 7 heteroatoms. The first-order valence-electron chi connectivity index (χ1n) is 20.8. The highest BCUT2D eigenvalue weighted by Gasteiger charge is 2.20. The van der Waals surface area contributed by atoms with Crippen LogP contribution in [0.2, 0.25) is 0 Å². The quantitative estimate of drug-likeness (QED) is 0.177. The first-order chi connectivity index (χ1) is 29.7. The van der Waals surface area contributed by atoms with Gasteiger partial charge in [-0.1, -0.05) is 109 Å². The molecule has 0 spiro atoms. The Morgan fingerprint density at radius 3 is 2.15 bits per heavy atom. The van der Waals surface area contributed by atoms with E-state index >= 15 is 0 Å². The van der Waals surface area contributed by atoms with E-state index in [1.807, 2.05) is 42.5 Å². The molecular weight excluding hydrogens is 681 g/mol. The summed E-state index contributed by atoms with van der Waals surface area (Å²) >= 11 is 1.75. The van der Waals surface area contributed by atoms with Gasteiger partial charge < -0.3 is 4.57 Å². The second-order valence-corrected chi connectivity index (χ2v) is 13.8. The van der Waals surface area contributed by atoms with Gasteiger partial charge in [0.1, 0.15) is 0 Å². The first-order valence-corrected chi connectivity index (χ1v) is 18.1. The molecule has 0 N–H and O–H groups in total. The summed E-state index contributed by atoms with van der Waals surface area (Å²) in [5, 5.41) is 2.54. The minimum absolute atomic E-state index is 0.0558. The normalized spacial score (nSPS) is 13.5. The van der Waals surface area contributed by atoms with E-state index in [1.165, 1.54) is 26.2 Å². The maximum atomic E-state index is 9.13. The third kappa shape index (κ3) is 4.83. The summed E-state index contributed by atoms with van der Waals surface area (Å²) in [4.78, 5) is 24.5. The summed E-state index contributed by atoms with van der Waals surface area (Å²) < 4.78 is 65.7. The average molecular weight is 716 g/mol. The molecule has 0 amide bonds. The van der Waals surface area contributed by atoms with Gasteiger partial charge in [0.25, 0.3) is 0 Å². The Labute approximate surface area is 323 Å². The third-order valence-electron chi connectivity index (χ3n) is 9.68. The Bertz CT molecular complexity index is 3660. The lowest BCUT2D eigenvalue weighted by atomic mass is 10.0. The van der Waals surface area contributed by atoms with Gasteiger partial charge >= 0.3 is 0 Å². The molecule has 0 radical (unpaired) electrons. The lowest BCUT2D eigenvalue weighted by molar-refractivity contribution is 1.06. The molecule has 0 bridgehead atoms. The molecular formula is C47H28N6S. The molecule has 0 aliphatic rings. The molecule has 4 heterocycles. The van der Waals surface area contributed by atoms with Gasteiger partial charge in [0.2, 0.25) is 0 Å². The van der Waals surface area contributed by atoms with Crippen LogP contribution in [0.25, 0.3) is 104 Å². The van der Waals surface area contributed by atoms with Crippen molar-refractivity contribution >= 4 is 64.3 Å². The fourth-order valence-corrected chi connectivity index (χ4v) is 8.52. The van der Waals surface area contributed by atoms with Crippen LogP contribution in [0, 0.1) is 0 Å². The van der Waals surface area contributed by atoms with E-state index in [9.17, 15) is 0 Å².